The highest BCUT2D eigenvalue weighted by Crippen LogP contribution is 2.35. The van der Waals surface area contributed by atoms with Crippen LogP contribution in [0.5, 0.6) is 0 Å². The molecule has 84 valence electrons. The highest BCUT2D eigenvalue weighted by atomic mass is 32.2. The lowest BCUT2D eigenvalue weighted by Gasteiger charge is -2.05. The first kappa shape index (κ1) is 11.1. The van der Waals surface area contributed by atoms with E-state index in [1.165, 1.54) is 18.2 Å². The number of rotatable bonds is 1. The van der Waals surface area contributed by atoms with Gasteiger partial charge in [0.1, 0.15) is 0 Å². The van der Waals surface area contributed by atoms with Crippen LogP contribution in [0.2, 0.25) is 0 Å². The molecule has 2 rings (SSSR count). The van der Waals surface area contributed by atoms with E-state index < -0.39 is 16.3 Å². The molecule has 0 fully saturated rings. The van der Waals surface area contributed by atoms with E-state index in [1.54, 1.807) is 24.3 Å². The monoisotopic (exact) mass is 244 g/mol. The van der Waals surface area contributed by atoms with Crippen LogP contribution in [0.4, 0.5) is 13.2 Å². The maximum absolute atomic E-state index is 12.3. The average molecular weight is 244 g/mol. The molecule has 0 aromatic rings. The Morgan fingerprint density at radius 2 is 1.62 bits per heavy atom. The van der Waals surface area contributed by atoms with E-state index in [4.69, 9.17) is 0 Å². The number of alkyl halides is 3. The van der Waals surface area contributed by atoms with E-state index in [9.17, 15) is 17.4 Å². The van der Waals surface area contributed by atoms with E-state index in [1.807, 2.05) is 0 Å². The van der Waals surface area contributed by atoms with Gasteiger partial charge in [0.2, 0.25) is 0 Å². The second-order valence-electron chi connectivity index (χ2n) is 3.19. The van der Waals surface area contributed by atoms with Gasteiger partial charge < -0.3 is 0 Å². The van der Waals surface area contributed by atoms with Crippen LogP contribution in [0.15, 0.2) is 47.4 Å². The summed E-state index contributed by atoms with van der Waals surface area (Å²) in [4.78, 5) is -0.182. The quantitative estimate of drug-likeness (QED) is 0.751. The van der Waals surface area contributed by atoms with Crippen LogP contribution in [-0.2, 0) is 10.8 Å². The van der Waals surface area contributed by atoms with Crippen molar-refractivity contribution in [2.75, 3.05) is 0 Å². The molecule has 0 radical (unpaired) electrons. The summed E-state index contributed by atoms with van der Waals surface area (Å²) < 4.78 is 48.2. The molecule has 0 aromatic heterocycles. The summed E-state index contributed by atoms with van der Waals surface area (Å²) in [6.07, 6.45) is 0. The molecule has 0 aromatic carbocycles. The lowest BCUT2D eigenvalue weighted by atomic mass is 10.2. The standard InChI is InChI=1S/C11H7F3OS/c12-11(13,14)16(15)10-7-6-8-4-2-1-3-5-9(8)10/h1-7H. The molecule has 2 aliphatic carbocycles. The second kappa shape index (κ2) is 3.90. The van der Waals surface area contributed by atoms with Crippen LogP contribution >= 0.6 is 0 Å². The summed E-state index contributed by atoms with van der Waals surface area (Å²) in [5.41, 5.74) is -3.69. The topological polar surface area (TPSA) is 17.1 Å². The van der Waals surface area contributed by atoms with E-state index in [0.717, 1.165) is 0 Å². The summed E-state index contributed by atoms with van der Waals surface area (Å²) >= 11 is 0. The highest BCUT2D eigenvalue weighted by molar-refractivity contribution is 7.86. The van der Waals surface area contributed by atoms with Crippen molar-refractivity contribution in [1.29, 1.82) is 0 Å². The Kier molecular flexibility index (Phi) is 2.71. The lowest BCUT2D eigenvalue weighted by molar-refractivity contribution is -0.0384. The minimum Gasteiger partial charge on any atom is -0.245 e. The molecule has 0 aliphatic heterocycles. The van der Waals surface area contributed by atoms with Crippen molar-refractivity contribution in [2.24, 2.45) is 0 Å². The van der Waals surface area contributed by atoms with Crippen molar-refractivity contribution in [3.63, 3.8) is 0 Å². The van der Waals surface area contributed by atoms with Crippen molar-refractivity contribution in [3.05, 3.63) is 42.5 Å². The van der Waals surface area contributed by atoms with Crippen molar-refractivity contribution in [2.45, 2.75) is 10.4 Å². The average Bonchev–Trinajstić information content (AvgIpc) is 2.44. The van der Waals surface area contributed by atoms with E-state index in [2.05, 4.69) is 0 Å². The second-order valence-corrected chi connectivity index (χ2v) is 4.63. The summed E-state index contributed by atoms with van der Waals surface area (Å²) in [6.45, 7) is 0. The van der Waals surface area contributed by atoms with Gasteiger partial charge in [-0.15, -0.1) is 0 Å². The molecule has 2 aliphatic rings. The van der Waals surface area contributed by atoms with Gasteiger partial charge in [0.25, 0.3) is 0 Å². The van der Waals surface area contributed by atoms with Gasteiger partial charge in [0.15, 0.2) is 10.8 Å². The molecule has 0 saturated heterocycles. The third kappa shape index (κ3) is 1.95. The molecule has 0 bridgehead atoms. The van der Waals surface area contributed by atoms with Crippen molar-refractivity contribution >= 4 is 10.8 Å². The number of hydrogen-bond donors (Lipinski definition) is 0. The van der Waals surface area contributed by atoms with Crippen LogP contribution in [0.1, 0.15) is 0 Å². The summed E-state index contributed by atoms with van der Waals surface area (Å²) in [7, 11) is -2.97. The van der Waals surface area contributed by atoms with Crippen LogP contribution < -0.4 is 0 Å². The predicted molar refractivity (Wildman–Crippen MR) is 55.5 cm³/mol. The predicted octanol–water partition coefficient (Wildman–Crippen LogP) is 3.42. The van der Waals surface area contributed by atoms with Crippen molar-refractivity contribution in [1.82, 2.24) is 0 Å². The maximum Gasteiger partial charge on any atom is 0.475 e. The van der Waals surface area contributed by atoms with Gasteiger partial charge in [-0.25, -0.2) is 4.21 Å². The molecule has 5 heteroatoms. The molecule has 1 atom stereocenters. The zero-order valence-corrected chi connectivity index (χ0v) is 8.81. The zero-order valence-electron chi connectivity index (χ0n) is 7.99. The molecule has 1 nitrogen and oxygen atoms in total. The van der Waals surface area contributed by atoms with Crippen LogP contribution in [0, 0.1) is 0 Å². The Morgan fingerprint density at radius 3 is 2.31 bits per heavy atom. The Labute approximate surface area is 92.7 Å². The van der Waals surface area contributed by atoms with E-state index in [-0.39, 0.29) is 4.90 Å². The first-order chi connectivity index (χ1) is 7.50. The van der Waals surface area contributed by atoms with Crippen LogP contribution in [0.3, 0.4) is 0 Å². The number of halogens is 3. The number of fused-ring (bicyclic) bond motifs is 1. The van der Waals surface area contributed by atoms with Crippen LogP contribution in [-0.4, -0.2) is 9.72 Å². The van der Waals surface area contributed by atoms with Gasteiger partial charge in [0.05, 0.1) is 4.90 Å². The molecular formula is C11H7F3OS. The maximum atomic E-state index is 12.3. The fourth-order valence-electron chi connectivity index (χ4n) is 1.47. The minimum absolute atomic E-state index is 0.182. The smallest absolute Gasteiger partial charge is 0.245 e. The first-order valence-electron chi connectivity index (χ1n) is 4.46. The lowest BCUT2D eigenvalue weighted by Crippen LogP contribution is -2.16. The van der Waals surface area contributed by atoms with Gasteiger partial charge >= 0.3 is 5.51 Å². The molecule has 0 amide bonds. The SMILES string of the molecule is O=S(c1ccc2cccccc1-2)C(F)(F)F. The van der Waals surface area contributed by atoms with Gasteiger partial charge in [0, 0.05) is 0 Å². The van der Waals surface area contributed by atoms with Crippen LogP contribution in [0.25, 0.3) is 11.1 Å². The fourth-order valence-corrected chi connectivity index (χ4v) is 2.30. The summed E-state index contributed by atoms with van der Waals surface area (Å²) in [5, 5.41) is 0. The fraction of sp³-hybridized carbons (Fsp3) is 0.0909. The van der Waals surface area contributed by atoms with Gasteiger partial charge in [-0.05, 0) is 17.2 Å². The molecule has 0 heterocycles. The zero-order chi connectivity index (χ0) is 11.8. The van der Waals surface area contributed by atoms with Gasteiger partial charge in [-0.1, -0.05) is 36.4 Å². The van der Waals surface area contributed by atoms with Crippen molar-refractivity contribution in [3.8, 4) is 11.1 Å². The van der Waals surface area contributed by atoms with E-state index in [0.29, 0.717) is 11.1 Å². The Hall–Kier alpha value is -1.36. The molecule has 0 saturated carbocycles. The molecule has 0 spiro atoms. The summed E-state index contributed by atoms with van der Waals surface area (Å²) in [6, 6.07) is 11.1. The highest BCUT2D eigenvalue weighted by Gasteiger charge is 2.39. The van der Waals surface area contributed by atoms with Gasteiger partial charge in [-0.3, -0.25) is 0 Å². The number of hydrogen-bond acceptors (Lipinski definition) is 1. The van der Waals surface area contributed by atoms with E-state index >= 15 is 0 Å². The largest absolute Gasteiger partial charge is 0.475 e. The molecule has 16 heavy (non-hydrogen) atoms. The van der Waals surface area contributed by atoms with Crippen molar-refractivity contribution < 1.29 is 17.4 Å². The third-order valence-corrected chi connectivity index (χ3v) is 3.34. The molecule has 0 N–H and O–H groups in total. The molecule has 1 unspecified atom stereocenters. The third-order valence-electron chi connectivity index (χ3n) is 2.16. The Morgan fingerprint density at radius 1 is 0.938 bits per heavy atom. The Bertz CT molecular complexity index is 507. The first-order valence-corrected chi connectivity index (χ1v) is 5.61. The normalized spacial score (nSPS) is 13.9. The molecular weight excluding hydrogens is 237 g/mol. The van der Waals surface area contributed by atoms with Gasteiger partial charge in [-0.2, -0.15) is 13.2 Å². The Balaban J connectivity index is 2.55. The summed E-state index contributed by atoms with van der Waals surface area (Å²) in [5.74, 6) is 0. The minimum atomic E-state index is -4.71.